The van der Waals surface area contributed by atoms with E-state index in [0.29, 0.717) is 18.2 Å². The third-order valence-corrected chi connectivity index (χ3v) is 5.52. The van der Waals surface area contributed by atoms with E-state index in [1.165, 1.54) is 37.7 Å². The summed E-state index contributed by atoms with van der Waals surface area (Å²) in [6.45, 7) is 2.15. The summed E-state index contributed by atoms with van der Waals surface area (Å²) in [5, 5.41) is 3.01. The fourth-order valence-electron chi connectivity index (χ4n) is 3.44. The highest BCUT2D eigenvalue weighted by Gasteiger charge is 2.15. The van der Waals surface area contributed by atoms with Gasteiger partial charge in [-0.2, -0.15) is 0 Å². The lowest BCUT2D eigenvalue weighted by Gasteiger charge is -2.22. The predicted octanol–water partition coefficient (Wildman–Crippen LogP) is 6.11. The molecule has 1 amide bonds. The van der Waals surface area contributed by atoms with Crippen LogP contribution in [-0.4, -0.2) is 11.8 Å². The van der Waals surface area contributed by atoms with Gasteiger partial charge in [0, 0.05) is 18.0 Å². The fourth-order valence-corrected chi connectivity index (χ4v) is 3.81. The van der Waals surface area contributed by atoms with Crippen LogP contribution in [0.5, 0.6) is 0 Å². The first-order chi connectivity index (χ1) is 11.2. The molecule has 0 saturated heterocycles. The number of hydrogen-bond donors (Lipinski definition) is 1. The van der Waals surface area contributed by atoms with E-state index < -0.39 is 0 Å². The van der Waals surface area contributed by atoms with Crippen LogP contribution in [0.25, 0.3) is 0 Å². The zero-order valence-corrected chi connectivity index (χ0v) is 15.1. The standard InChI is InChI=1S/C20H30ClNO/c1-2-16(15-21)7-6-10-20(23)22-19-13-11-18(12-14-19)17-8-4-3-5-9-17/h11-14,16-17H,2-10,15H2,1H3,(H,22,23). The Morgan fingerprint density at radius 2 is 1.91 bits per heavy atom. The number of benzene rings is 1. The van der Waals surface area contributed by atoms with Crippen molar-refractivity contribution < 1.29 is 4.79 Å². The number of carbonyl (C=O) groups excluding carboxylic acids is 1. The Morgan fingerprint density at radius 3 is 2.52 bits per heavy atom. The van der Waals surface area contributed by atoms with Crippen molar-refractivity contribution in [3.8, 4) is 0 Å². The van der Waals surface area contributed by atoms with Crippen molar-refractivity contribution in [2.24, 2.45) is 5.92 Å². The molecule has 0 radical (unpaired) electrons. The first kappa shape index (κ1) is 18.3. The first-order valence-electron chi connectivity index (χ1n) is 9.18. The number of amides is 1. The molecule has 128 valence electrons. The lowest BCUT2D eigenvalue weighted by Crippen LogP contribution is -2.12. The molecule has 1 aromatic rings. The van der Waals surface area contributed by atoms with Gasteiger partial charge < -0.3 is 5.32 Å². The highest BCUT2D eigenvalue weighted by Crippen LogP contribution is 2.32. The van der Waals surface area contributed by atoms with Crippen molar-refractivity contribution in [3.05, 3.63) is 29.8 Å². The Labute approximate surface area is 146 Å². The SMILES string of the molecule is CCC(CCl)CCCC(=O)Nc1ccc(C2CCCCC2)cc1. The molecule has 1 N–H and O–H groups in total. The second-order valence-electron chi connectivity index (χ2n) is 6.83. The van der Waals surface area contributed by atoms with Crippen molar-refractivity contribution >= 4 is 23.2 Å². The van der Waals surface area contributed by atoms with E-state index in [2.05, 4.69) is 36.5 Å². The molecule has 1 saturated carbocycles. The van der Waals surface area contributed by atoms with Crippen molar-refractivity contribution in [2.45, 2.75) is 70.6 Å². The molecule has 3 heteroatoms. The molecule has 23 heavy (non-hydrogen) atoms. The van der Waals surface area contributed by atoms with E-state index in [9.17, 15) is 4.79 Å². The maximum absolute atomic E-state index is 12.0. The zero-order valence-electron chi connectivity index (χ0n) is 14.3. The average molecular weight is 336 g/mol. The predicted molar refractivity (Wildman–Crippen MR) is 99.2 cm³/mol. The minimum atomic E-state index is 0.111. The minimum absolute atomic E-state index is 0.111. The van der Waals surface area contributed by atoms with Gasteiger partial charge in [0.1, 0.15) is 0 Å². The van der Waals surface area contributed by atoms with E-state index >= 15 is 0 Å². The Kier molecular flexibility index (Phi) is 7.94. The van der Waals surface area contributed by atoms with Crippen LogP contribution in [0.2, 0.25) is 0 Å². The highest BCUT2D eigenvalue weighted by molar-refractivity contribution is 6.18. The van der Waals surface area contributed by atoms with Crippen LogP contribution >= 0.6 is 11.6 Å². The van der Waals surface area contributed by atoms with E-state index in [1.54, 1.807) is 0 Å². The molecule has 0 spiro atoms. The summed E-state index contributed by atoms with van der Waals surface area (Å²) < 4.78 is 0. The number of nitrogens with one attached hydrogen (secondary N) is 1. The van der Waals surface area contributed by atoms with Crippen LogP contribution in [0.3, 0.4) is 0 Å². The number of rotatable bonds is 8. The molecule has 1 fully saturated rings. The van der Waals surface area contributed by atoms with Crippen molar-refractivity contribution in [2.75, 3.05) is 11.2 Å². The van der Waals surface area contributed by atoms with Gasteiger partial charge >= 0.3 is 0 Å². The molecular weight excluding hydrogens is 306 g/mol. The minimum Gasteiger partial charge on any atom is -0.326 e. The maximum Gasteiger partial charge on any atom is 0.224 e. The largest absolute Gasteiger partial charge is 0.326 e. The van der Waals surface area contributed by atoms with Gasteiger partial charge in [0.25, 0.3) is 0 Å². The molecule has 1 aliphatic rings. The van der Waals surface area contributed by atoms with Gasteiger partial charge in [0.05, 0.1) is 0 Å². The molecule has 1 atom stereocenters. The summed E-state index contributed by atoms with van der Waals surface area (Å²) >= 11 is 5.89. The number of halogens is 1. The quantitative estimate of drug-likeness (QED) is 0.570. The maximum atomic E-state index is 12.0. The zero-order chi connectivity index (χ0) is 16.5. The number of alkyl halides is 1. The number of hydrogen-bond acceptors (Lipinski definition) is 1. The van der Waals surface area contributed by atoms with Gasteiger partial charge in [-0.3, -0.25) is 4.79 Å². The molecular formula is C20H30ClNO. The van der Waals surface area contributed by atoms with Gasteiger partial charge in [-0.15, -0.1) is 11.6 Å². The molecule has 1 aliphatic carbocycles. The molecule has 1 unspecified atom stereocenters. The van der Waals surface area contributed by atoms with E-state index in [4.69, 9.17) is 11.6 Å². The van der Waals surface area contributed by atoms with Gasteiger partial charge in [-0.05, 0) is 55.2 Å². The van der Waals surface area contributed by atoms with E-state index in [-0.39, 0.29) is 5.91 Å². The van der Waals surface area contributed by atoms with Crippen LogP contribution in [0.1, 0.15) is 76.2 Å². The number of anilines is 1. The Hall–Kier alpha value is -1.02. The normalized spacial score (nSPS) is 17.0. The van der Waals surface area contributed by atoms with Crippen LogP contribution in [-0.2, 0) is 4.79 Å². The molecule has 2 nitrogen and oxygen atoms in total. The molecule has 1 aromatic carbocycles. The van der Waals surface area contributed by atoms with Crippen molar-refractivity contribution in [3.63, 3.8) is 0 Å². The van der Waals surface area contributed by atoms with Crippen LogP contribution in [0.15, 0.2) is 24.3 Å². The van der Waals surface area contributed by atoms with Crippen LogP contribution in [0, 0.1) is 5.92 Å². The van der Waals surface area contributed by atoms with Crippen molar-refractivity contribution in [1.82, 2.24) is 0 Å². The number of carbonyl (C=O) groups is 1. The lowest BCUT2D eigenvalue weighted by molar-refractivity contribution is -0.116. The summed E-state index contributed by atoms with van der Waals surface area (Å²) in [4.78, 5) is 12.0. The molecule has 0 aromatic heterocycles. The molecule has 0 heterocycles. The summed E-state index contributed by atoms with van der Waals surface area (Å²) in [5.74, 6) is 2.06. The summed E-state index contributed by atoms with van der Waals surface area (Å²) in [7, 11) is 0. The topological polar surface area (TPSA) is 29.1 Å². The summed E-state index contributed by atoms with van der Waals surface area (Å²) in [6, 6.07) is 8.48. The third-order valence-electron chi connectivity index (χ3n) is 5.08. The van der Waals surface area contributed by atoms with E-state index in [1.807, 2.05) is 0 Å². The van der Waals surface area contributed by atoms with Gasteiger partial charge in [-0.1, -0.05) is 44.7 Å². The molecule has 0 aliphatic heterocycles. The average Bonchev–Trinajstić information content (AvgIpc) is 2.60. The molecule has 2 rings (SSSR count). The van der Waals surface area contributed by atoms with Crippen LogP contribution < -0.4 is 5.32 Å². The summed E-state index contributed by atoms with van der Waals surface area (Å²) in [5.41, 5.74) is 2.34. The Morgan fingerprint density at radius 1 is 1.22 bits per heavy atom. The van der Waals surface area contributed by atoms with E-state index in [0.717, 1.165) is 30.9 Å². The third kappa shape index (κ3) is 6.18. The van der Waals surface area contributed by atoms with Gasteiger partial charge in [0.15, 0.2) is 0 Å². The monoisotopic (exact) mass is 335 g/mol. The Balaban J connectivity index is 1.75. The second-order valence-corrected chi connectivity index (χ2v) is 7.13. The lowest BCUT2D eigenvalue weighted by atomic mass is 9.84. The van der Waals surface area contributed by atoms with Crippen molar-refractivity contribution in [1.29, 1.82) is 0 Å². The fraction of sp³-hybridized carbons (Fsp3) is 0.650. The highest BCUT2D eigenvalue weighted by atomic mass is 35.5. The summed E-state index contributed by atoms with van der Waals surface area (Å²) in [6.07, 6.45) is 10.3. The second kappa shape index (κ2) is 9.97. The Bertz CT molecular complexity index is 461. The smallest absolute Gasteiger partial charge is 0.224 e. The van der Waals surface area contributed by atoms with Crippen LogP contribution in [0.4, 0.5) is 5.69 Å². The van der Waals surface area contributed by atoms with Gasteiger partial charge in [0.2, 0.25) is 5.91 Å². The molecule has 0 bridgehead atoms. The van der Waals surface area contributed by atoms with Gasteiger partial charge in [-0.25, -0.2) is 0 Å². The first-order valence-corrected chi connectivity index (χ1v) is 9.72.